The quantitative estimate of drug-likeness (QED) is 0.665. The van der Waals surface area contributed by atoms with Crippen LogP contribution in [0.4, 0.5) is 0 Å². The van der Waals surface area contributed by atoms with Gasteiger partial charge in [-0.25, -0.2) is 10.4 Å². The Hall–Kier alpha value is -1.69. The van der Waals surface area contributed by atoms with Gasteiger partial charge in [0.25, 0.3) is 0 Å². The molecule has 0 atom stereocenters. The number of carbonyl (C=O) groups is 1. The molecule has 0 aromatic carbocycles. The van der Waals surface area contributed by atoms with E-state index in [1.165, 1.54) is 0 Å². The fourth-order valence-corrected chi connectivity index (χ4v) is 2.33. The highest BCUT2D eigenvalue weighted by atomic mass is 32.1. The summed E-state index contributed by atoms with van der Waals surface area (Å²) in [6.07, 6.45) is 5.78. The zero-order valence-electron chi connectivity index (χ0n) is 10.5. The minimum atomic E-state index is -0.125. The number of hydrazone groups is 1. The van der Waals surface area contributed by atoms with E-state index in [-0.39, 0.29) is 12.3 Å². The van der Waals surface area contributed by atoms with Crippen LogP contribution in [0, 0.1) is 0 Å². The molecule has 0 aliphatic carbocycles. The Balaban J connectivity index is 1.95. The van der Waals surface area contributed by atoms with Gasteiger partial charge in [0.15, 0.2) is 4.96 Å². The van der Waals surface area contributed by atoms with Gasteiger partial charge >= 0.3 is 0 Å². The Kier molecular flexibility index (Phi) is 4.09. The number of imidazole rings is 1. The first kappa shape index (κ1) is 12.8. The molecular weight excluding hydrogens is 248 g/mol. The smallest absolute Gasteiger partial charge is 0.246 e. The molecule has 0 aliphatic rings. The Morgan fingerprint density at radius 2 is 2.28 bits per heavy atom. The summed E-state index contributed by atoms with van der Waals surface area (Å²) in [4.78, 5) is 16.9. The van der Waals surface area contributed by atoms with Crippen LogP contribution in [0.15, 0.2) is 22.9 Å². The molecule has 2 aromatic rings. The van der Waals surface area contributed by atoms with Crippen LogP contribution < -0.4 is 5.43 Å². The maximum Gasteiger partial charge on any atom is 0.246 e. The summed E-state index contributed by atoms with van der Waals surface area (Å²) in [6, 6.07) is 0. The first-order valence-corrected chi connectivity index (χ1v) is 6.86. The van der Waals surface area contributed by atoms with E-state index in [2.05, 4.69) is 15.5 Å². The fourth-order valence-electron chi connectivity index (χ4n) is 1.61. The standard InChI is InChI=1S/C12H16N4OS/c1-3-9(4-2)14-15-11(17)7-10-8-16-5-6-18-12(16)13-10/h5-6,8H,3-4,7H2,1-2H3,(H,15,17). The van der Waals surface area contributed by atoms with Crippen molar-refractivity contribution in [3.05, 3.63) is 23.5 Å². The van der Waals surface area contributed by atoms with Gasteiger partial charge in [-0.05, 0) is 12.8 Å². The molecule has 0 aliphatic heterocycles. The van der Waals surface area contributed by atoms with Crippen LogP contribution in [-0.4, -0.2) is 21.0 Å². The Bertz CT molecular complexity index is 535. The van der Waals surface area contributed by atoms with Gasteiger partial charge in [-0.2, -0.15) is 5.10 Å². The summed E-state index contributed by atoms with van der Waals surface area (Å²) in [5, 5.41) is 6.05. The molecule has 0 fully saturated rings. The highest BCUT2D eigenvalue weighted by Crippen LogP contribution is 2.11. The SMILES string of the molecule is CCC(CC)=NNC(=O)Cc1cn2ccsc2n1. The molecule has 5 nitrogen and oxygen atoms in total. The van der Waals surface area contributed by atoms with Crippen molar-refractivity contribution in [2.24, 2.45) is 5.10 Å². The number of nitrogens with zero attached hydrogens (tertiary/aromatic N) is 3. The molecule has 2 rings (SSSR count). The average molecular weight is 264 g/mol. The molecule has 18 heavy (non-hydrogen) atoms. The van der Waals surface area contributed by atoms with Gasteiger partial charge in [0.2, 0.25) is 5.91 Å². The minimum absolute atomic E-state index is 0.125. The Labute approximate surface area is 110 Å². The predicted molar refractivity (Wildman–Crippen MR) is 72.9 cm³/mol. The van der Waals surface area contributed by atoms with Crippen molar-refractivity contribution >= 4 is 27.9 Å². The van der Waals surface area contributed by atoms with E-state index >= 15 is 0 Å². The molecule has 0 spiro atoms. The molecule has 0 saturated heterocycles. The fraction of sp³-hybridized carbons (Fsp3) is 0.417. The van der Waals surface area contributed by atoms with Gasteiger partial charge in [0.05, 0.1) is 12.1 Å². The van der Waals surface area contributed by atoms with Crippen LogP contribution in [0.1, 0.15) is 32.4 Å². The lowest BCUT2D eigenvalue weighted by Gasteiger charge is -2.00. The first-order chi connectivity index (χ1) is 8.72. The van der Waals surface area contributed by atoms with Gasteiger partial charge in [-0.1, -0.05) is 13.8 Å². The number of rotatable bonds is 5. The van der Waals surface area contributed by atoms with E-state index in [0.717, 1.165) is 29.2 Å². The minimum Gasteiger partial charge on any atom is -0.297 e. The molecule has 0 bridgehead atoms. The zero-order valence-corrected chi connectivity index (χ0v) is 11.3. The van der Waals surface area contributed by atoms with Crippen molar-refractivity contribution in [1.82, 2.24) is 14.8 Å². The summed E-state index contributed by atoms with van der Waals surface area (Å²) in [5.41, 5.74) is 4.34. The third-order valence-electron chi connectivity index (χ3n) is 2.64. The summed E-state index contributed by atoms with van der Waals surface area (Å²) in [6.45, 7) is 4.05. The number of hydrogen-bond acceptors (Lipinski definition) is 4. The highest BCUT2D eigenvalue weighted by Gasteiger charge is 2.07. The lowest BCUT2D eigenvalue weighted by atomic mass is 10.2. The molecule has 0 unspecified atom stereocenters. The summed E-state index contributed by atoms with van der Waals surface area (Å²) < 4.78 is 1.92. The first-order valence-electron chi connectivity index (χ1n) is 5.98. The normalized spacial score (nSPS) is 10.6. The molecule has 1 N–H and O–H groups in total. The molecule has 2 aromatic heterocycles. The lowest BCUT2D eigenvalue weighted by molar-refractivity contribution is -0.120. The lowest BCUT2D eigenvalue weighted by Crippen LogP contribution is -2.21. The second kappa shape index (κ2) is 5.77. The number of fused-ring (bicyclic) bond motifs is 1. The summed E-state index contributed by atoms with van der Waals surface area (Å²) in [5.74, 6) is -0.125. The Morgan fingerprint density at radius 3 is 2.94 bits per heavy atom. The summed E-state index contributed by atoms with van der Waals surface area (Å²) >= 11 is 1.55. The van der Waals surface area contributed by atoms with Crippen LogP contribution in [0.25, 0.3) is 4.96 Å². The molecule has 96 valence electrons. The predicted octanol–water partition coefficient (Wildman–Crippen LogP) is 2.23. The van der Waals surface area contributed by atoms with Crippen molar-refractivity contribution < 1.29 is 4.79 Å². The molecular formula is C12H16N4OS. The van der Waals surface area contributed by atoms with Crippen LogP contribution in [0.2, 0.25) is 0 Å². The van der Waals surface area contributed by atoms with Crippen molar-refractivity contribution in [3.8, 4) is 0 Å². The van der Waals surface area contributed by atoms with E-state index < -0.39 is 0 Å². The van der Waals surface area contributed by atoms with Crippen LogP contribution in [-0.2, 0) is 11.2 Å². The second-order valence-corrected chi connectivity index (χ2v) is 4.80. The van der Waals surface area contributed by atoms with E-state index in [4.69, 9.17) is 0 Å². The number of amides is 1. The van der Waals surface area contributed by atoms with Gasteiger partial charge < -0.3 is 0 Å². The van der Waals surface area contributed by atoms with E-state index in [1.807, 2.05) is 36.0 Å². The van der Waals surface area contributed by atoms with Crippen molar-refractivity contribution in [2.45, 2.75) is 33.1 Å². The summed E-state index contributed by atoms with van der Waals surface area (Å²) in [7, 11) is 0. The van der Waals surface area contributed by atoms with E-state index in [1.54, 1.807) is 11.3 Å². The van der Waals surface area contributed by atoms with Crippen molar-refractivity contribution in [1.29, 1.82) is 0 Å². The van der Waals surface area contributed by atoms with Crippen molar-refractivity contribution in [3.63, 3.8) is 0 Å². The molecule has 1 amide bonds. The van der Waals surface area contributed by atoms with Gasteiger partial charge in [-0.3, -0.25) is 9.20 Å². The van der Waals surface area contributed by atoms with Gasteiger partial charge in [-0.15, -0.1) is 11.3 Å². The molecule has 0 radical (unpaired) electrons. The molecule has 6 heteroatoms. The molecule has 0 saturated carbocycles. The highest BCUT2D eigenvalue weighted by molar-refractivity contribution is 7.15. The van der Waals surface area contributed by atoms with Crippen LogP contribution >= 0.6 is 11.3 Å². The second-order valence-electron chi connectivity index (χ2n) is 3.92. The topological polar surface area (TPSA) is 58.8 Å². The number of hydrogen-bond donors (Lipinski definition) is 1. The Morgan fingerprint density at radius 1 is 1.50 bits per heavy atom. The van der Waals surface area contributed by atoms with Gasteiger partial charge in [0.1, 0.15) is 0 Å². The number of nitrogens with one attached hydrogen (secondary N) is 1. The monoisotopic (exact) mass is 264 g/mol. The third kappa shape index (κ3) is 2.95. The number of carbonyl (C=O) groups excluding carboxylic acids is 1. The van der Waals surface area contributed by atoms with Gasteiger partial charge in [0, 0.05) is 23.5 Å². The maximum absolute atomic E-state index is 11.7. The van der Waals surface area contributed by atoms with Crippen LogP contribution in [0.3, 0.4) is 0 Å². The third-order valence-corrected chi connectivity index (χ3v) is 3.41. The zero-order chi connectivity index (χ0) is 13.0. The van der Waals surface area contributed by atoms with Crippen molar-refractivity contribution in [2.75, 3.05) is 0 Å². The maximum atomic E-state index is 11.7. The van der Waals surface area contributed by atoms with E-state index in [0.29, 0.717) is 0 Å². The molecule has 2 heterocycles. The average Bonchev–Trinajstić information content (AvgIpc) is 2.91. The number of aromatic nitrogens is 2. The van der Waals surface area contributed by atoms with Crippen LogP contribution in [0.5, 0.6) is 0 Å². The van der Waals surface area contributed by atoms with E-state index in [9.17, 15) is 4.79 Å². The number of thiazole rings is 1. The largest absolute Gasteiger partial charge is 0.297 e.